The van der Waals surface area contributed by atoms with Crippen LogP contribution in [-0.2, 0) is 11.8 Å². The predicted molar refractivity (Wildman–Crippen MR) is 78.8 cm³/mol. The zero-order valence-corrected chi connectivity index (χ0v) is 12.3. The Balaban J connectivity index is 1.77. The van der Waals surface area contributed by atoms with Crippen molar-refractivity contribution in [2.24, 2.45) is 0 Å². The van der Waals surface area contributed by atoms with E-state index in [1.54, 1.807) is 24.5 Å². The minimum absolute atomic E-state index is 0.306. The second kappa shape index (κ2) is 5.81. The van der Waals surface area contributed by atoms with Crippen LogP contribution in [0.4, 0.5) is 19.1 Å². The molecule has 0 aliphatic carbocycles. The van der Waals surface area contributed by atoms with Gasteiger partial charge in [-0.25, -0.2) is 9.97 Å². The van der Waals surface area contributed by atoms with Gasteiger partial charge in [-0.1, -0.05) is 12.1 Å². The van der Waals surface area contributed by atoms with E-state index in [2.05, 4.69) is 9.97 Å². The van der Waals surface area contributed by atoms with E-state index in [-0.39, 0.29) is 0 Å². The number of alkyl halides is 3. The Morgan fingerprint density at radius 1 is 1.04 bits per heavy atom. The monoisotopic (exact) mass is 323 g/mol. The molecule has 3 rings (SSSR count). The first-order chi connectivity index (χ1) is 10.9. The van der Waals surface area contributed by atoms with Gasteiger partial charge in [0, 0.05) is 25.5 Å². The van der Waals surface area contributed by atoms with Gasteiger partial charge in [-0.05, 0) is 36.6 Å². The summed E-state index contributed by atoms with van der Waals surface area (Å²) >= 11 is 0. The fourth-order valence-corrected chi connectivity index (χ4v) is 2.80. The third-order valence-corrected chi connectivity index (χ3v) is 4.15. The van der Waals surface area contributed by atoms with Crippen LogP contribution in [0.5, 0.6) is 0 Å². The van der Waals surface area contributed by atoms with Gasteiger partial charge in [-0.2, -0.15) is 13.2 Å². The molecule has 1 saturated heterocycles. The van der Waals surface area contributed by atoms with E-state index >= 15 is 0 Å². The van der Waals surface area contributed by atoms with E-state index in [9.17, 15) is 18.3 Å². The highest BCUT2D eigenvalue weighted by molar-refractivity contribution is 5.34. The zero-order valence-electron chi connectivity index (χ0n) is 12.3. The highest BCUT2D eigenvalue weighted by Crippen LogP contribution is 2.37. The molecule has 1 fully saturated rings. The van der Waals surface area contributed by atoms with Gasteiger partial charge in [0.05, 0.1) is 11.2 Å². The minimum atomic E-state index is -4.41. The number of aromatic nitrogens is 2. The van der Waals surface area contributed by atoms with Crippen molar-refractivity contribution in [2.45, 2.75) is 24.6 Å². The lowest BCUT2D eigenvalue weighted by atomic mass is 9.84. The maximum Gasteiger partial charge on any atom is 0.416 e. The molecule has 0 saturated carbocycles. The van der Waals surface area contributed by atoms with Gasteiger partial charge in [-0.3, -0.25) is 0 Å². The summed E-state index contributed by atoms with van der Waals surface area (Å²) in [7, 11) is 0. The van der Waals surface area contributed by atoms with Crippen LogP contribution in [0, 0.1) is 0 Å². The normalized spacial score (nSPS) is 18.0. The number of nitrogens with zero attached hydrogens (tertiary/aromatic N) is 3. The highest BCUT2D eigenvalue weighted by Gasteiger charge is 2.37. The van der Waals surface area contributed by atoms with E-state index in [0.717, 1.165) is 12.1 Å². The van der Waals surface area contributed by atoms with Crippen LogP contribution in [0.25, 0.3) is 0 Å². The lowest BCUT2D eigenvalue weighted by Crippen LogP contribution is -2.43. The first-order valence-electron chi connectivity index (χ1n) is 7.31. The summed E-state index contributed by atoms with van der Waals surface area (Å²) in [6.07, 6.45) is -0.490. The quantitative estimate of drug-likeness (QED) is 0.923. The van der Waals surface area contributed by atoms with E-state index in [4.69, 9.17) is 0 Å². The molecule has 0 amide bonds. The molecule has 1 aromatic heterocycles. The highest BCUT2D eigenvalue weighted by atomic mass is 19.4. The van der Waals surface area contributed by atoms with E-state index in [1.165, 1.54) is 6.07 Å². The molecule has 23 heavy (non-hydrogen) atoms. The van der Waals surface area contributed by atoms with Crippen molar-refractivity contribution in [1.29, 1.82) is 0 Å². The fraction of sp³-hybridized carbons (Fsp3) is 0.375. The van der Waals surface area contributed by atoms with Gasteiger partial charge in [0.1, 0.15) is 0 Å². The van der Waals surface area contributed by atoms with Gasteiger partial charge in [-0.15, -0.1) is 0 Å². The summed E-state index contributed by atoms with van der Waals surface area (Å²) in [5.41, 5.74) is -1.69. The molecule has 1 N–H and O–H groups in total. The van der Waals surface area contributed by atoms with Crippen LogP contribution in [0.2, 0.25) is 0 Å². The Morgan fingerprint density at radius 2 is 1.70 bits per heavy atom. The van der Waals surface area contributed by atoms with Crippen LogP contribution in [0.3, 0.4) is 0 Å². The third-order valence-electron chi connectivity index (χ3n) is 4.15. The standard InChI is InChI=1S/C16H16F3N3O/c17-16(18,19)13-4-1-3-12(11-13)15(23)5-9-22(10-6-15)14-20-7-2-8-21-14/h1-4,7-8,11,23H,5-6,9-10H2. The first-order valence-corrected chi connectivity index (χ1v) is 7.31. The molecule has 0 radical (unpaired) electrons. The van der Waals surface area contributed by atoms with Gasteiger partial charge in [0.15, 0.2) is 0 Å². The summed E-state index contributed by atoms with van der Waals surface area (Å²) in [5, 5.41) is 10.8. The van der Waals surface area contributed by atoms with Crippen molar-refractivity contribution < 1.29 is 18.3 Å². The number of rotatable bonds is 2. The number of piperidine rings is 1. The van der Waals surface area contributed by atoms with E-state index in [0.29, 0.717) is 37.4 Å². The predicted octanol–water partition coefficient (Wildman–Crippen LogP) is 2.98. The molecule has 2 heterocycles. The van der Waals surface area contributed by atoms with Crippen molar-refractivity contribution in [3.63, 3.8) is 0 Å². The molecule has 2 aromatic rings. The van der Waals surface area contributed by atoms with Gasteiger partial charge in [0.2, 0.25) is 5.95 Å². The van der Waals surface area contributed by atoms with Crippen LogP contribution in [0.15, 0.2) is 42.7 Å². The van der Waals surface area contributed by atoms with Crippen LogP contribution in [0.1, 0.15) is 24.0 Å². The van der Waals surface area contributed by atoms with Crippen LogP contribution in [-0.4, -0.2) is 28.2 Å². The average Bonchev–Trinajstić information content (AvgIpc) is 2.56. The number of hydrogen-bond acceptors (Lipinski definition) is 4. The number of aliphatic hydroxyl groups is 1. The van der Waals surface area contributed by atoms with Crippen LogP contribution < -0.4 is 4.90 Å². The van der Waals surface area contributed by atoms with Crippen molar-refractivity contribution in [2.75, 3.05) is 18.0 Å². The fourth-order valence-electron chi connectivity index (χ4n) is 2.80. The molecule has 0 spiro atoms. The molecule has 7 heteroatoms. The van der Waals surface area contributed by atoms with Gasteiger partial charge in [0.25, 0.3) is 0 Å². The van der Waals surface area contributed by atoms with Crippen molar-refractivity contribution >= 4 is 5.95 Å². The largest absolute Gasteiger partial charge is 0.416 e. The summed E-state index contributed by atoms with van der Waals surface area (Å²) in [5.74, 6) is 0.568. The molecule has 0 unspecified atom stereocenters. The second-order valence-corrected chi connectivity index (χ2v) is 5.65. The third kappa shape index (κ3) is 3.29. The smallest absolute Gasteiger partial charge is 0.385 e. The number of halogens is 3. The maximum absolute atomic E-state index is 12.8. The summed E-state index contributed by atoms with van der Waals surface area (Å²) in [6, 6.07) is 6.65. The Morgan fingerprint density at radius 3 is 2.30 bits per heavy atom. The molecule has 4 nitrogen and oxygen atoms in total. The summed E-state index contributed by atoms with van der Waals surface area (Å²) < 4.78 is 38.5. The van der Waals surface area contributed by atoms with Gasteiger partial charge < -0.3 is 10.0 Å². The molecular weight excluding hydrogens is 307 g/mol. The molecule has 1 aromatic carbocycles. The van der Waals surface area contributed by atoms with Crippen molar-refractivity contribution in [3.8, 4) is 0 Å². The molecule has 0 atom stereocenters. The lowest BCUT2D eigenvalue weighted by molar-refractivity contribution is -0.137. The number of hydrogen-bond donors (Lipinski definition) is 1. The van der Waals surface area contributed by atoms with Crippen LogP contribution >= 0.6 is 0 Å². The SMILES string of the molecule is OC1(c2cccc(C(F)(F)F)c2)CCN(c2ncccn2)CC1. The molecule has 122 valence electrons. The average molecular weight is 323 g/mol. The molecule has 1 aliphatic rings. The van der Waals surface area contributed by atoms with Crippen molar-refractivity contribution in [3.05, 3.63) is 53.9 Å². The molecular formula is C16H16F3N3O. The van der Waals surface area contributed by atoms with Crippen molar-refractivity contribution in [1.82, 2.24) is 9.97 Å². The Hall–Kier alpha value is -2.15. The summed E-state index contributed by atoms with van der Waals surface area (Å²) in [4.78, 5) is 10.2. The Labute approximate surface area is 131 Å². The summed E-state index contributed by atoms with van der Waals surface area (Å²) in [6.45, 7) is 0.966. The Bertz CT molecular complexity index is 668. The molecule has 1 aliphatic heterocycles. The van der Waals surface area contributed by atoms with E-state index in [1.807, 2.05) is 4.90 Å². The Kier molecular flexibility index (Phi) is 3.97. The number of benzene rings is 1. The molecule has 0 bridgehead atoms. The first kappa shape index (κ1) is 15.7. The zero-order chi connectivity index (χ0) is 16.5. The number of anilines is 1. The lowest BCUT2D eigenvalue weighted by Gasteiger charge is -2.38. The minimum Gasteiger partial charge on any atom is -0.385 e. The van der Waals surface area contributed by atoms with Gasteiger partial charge >= 0.3 is 6.18 Å². The van der Waals surface area contributed by atoms with E-state index < -0.39 is 17.3 Å². The second-order valence-electron chi connectivity index (χ2n) is 5.65. The topological polar surface area (TPSA) is 49.2 Å². The maximum atomic E-state index is 12.8.